The predicted molar refractivity (Wildman–Crippen MR) is 98.6 cm³/mol. The number of hydrogen-bond donors (Lipinski definition) is 1. The van der Waals surface area contributed by atoms with E-state index in [0.29, 0.717) is 6.07 Å². The summed E-state index contributed by atoms with van der Waals surface area (Å²) in [4.78, 5) is 1.76. The van der Waals surface area contributed by atoms with Gasteiger partial charge >= 0.3 is 0 Å². The highest BCUT2D eigenvalue weighted by atomic mass is 32.2. The van der Waals surface area contributed by atoms with Gasteiger partial charge in [-0.05, 0) is 60.5 Å². The third-order valence-corrected chi connectivity index (χ3v) is 6.82. The molecule has 1 fully saturated rings. The SMILES string of the molecule is O=S(=O)(NC[C@@H](c1ccsc1)N1CCCCCC1)c1ccc(F)cc1F. The molecule has 0 amide bonds. The Labute approximate surface area is 156 Å². The van der Waals surface area contributed by atoms with Crippen molar-refractivity contribution in [2.45, 2.75) is 36.6 Å². The highest BCUT2D eigenvalue weighted by molar-refractivity contribution is 7.89. The van der Waals surface area contributed by atoms with Crippen molar-refractivity contribution in [2.24, 2.45) is 0 Å². The Morgan fingerprint density at radius 1 is 1.12 bits per heavy atom. The maximum Gasteiger partial charge on any atom is 0.243 e. The van der Waals surface area contributed by atoms with Gasteiger partial charge in [0, 0.05) is 18.7 Å². The summed E-state index contributed by atoms with van der Waals surface area (Å²) in [6.07, 6.45) is 4.53. The number of likely N-dealkylation sites (tertiary alicyclic amines) is 1. The third kappa shape index (κ3) is 4.68. The summed E-state index contributed by atoms with van der Waals surface area (Å²) in [7, 11) is -4.06. The van der Waals surface area contributed by atoms with Crippen LogP contribution in [0.2, 0.25) is 0 Å². The Morgan fingerprint density at radius 3 is 2.46 bits per heavy atom. The predicted octanol–water partition coefficient (Wildman–Crippen LogP) is 3.92. The highest BCUT2D eigenvalue weighted by Gasteiger charge is 2.26. The Hall–Kier alpha value is -1.35. The fraction of sp³-hybridized carbons (Fsp3) is 0.444. The van der Waals surface area contributed by atoms with Gasteiger partial charge in [0.25, 0.3) is 0 Å². The van der Waals surface area contributed by atoms with Crippen LogP contribution < -0.4 is 4.72 Å². The Morgan fingerprint density at radius 2 is 1.85 bits per heavy atom. The zero-order valence-electron chi connectivity index (χ0n) is 14.3. The van der Waals surface area contributed by atoms with Crippen molar-refractivity contribution in [3.63, 3.8) is 0 Å². The summed E-state index contributed by atoms with van der Waals surface area (Å²) in [6.45, 7) is 1.97. The maximum atomic E-state index is 13.9. The van der Waals surface area contributed by atoms with E-state index < -0.39 is 26.6 Å². The lowest BCUT2D eigenvalue weighted by atomic mass is 10.1. The van der Waals surface area contributed by atoms with Crippen LogP contribution in [0.3, 0.4) is 0 Å². The van der Waals surface area contributed by atoms with E-state index in [1.165, 1.54) is 12.8 Å². The van der Waals surface area contributed by atoms with Crippen molar-refractivity contribution in [3.8, 4) is 0 Å². The van der Waals surface area contributed by atoms with E-state index in [1.807, 2.05) is 16.8 Å². The maximum absolute atomic E-state index is 13.9. The minimum atomic E-state index is -4.06. The smallest absolute Gasteiger partial charge is 0.243 e. The van der Waals surface area contributed by atoms with Crippen LogP contribution in [0.25, 0.3) is 0 Å². The molecule has 142 valence electrons. The number of hydrogen-bond acceptors (Lipinski definition) is 4. The van der Waals surface area contributed by atoms with Crippen molar-refractivity contribution in [1.29, 1.82) is 0 Å². The second-order valence-corrected chi connectivity index (χ2v) is 8.96. The van der Waals surface area contributed by atoms with Crippen LogP contribution in [-0.4, -0.2) is 33.0 Å². The normalized spacial score (nSPS) is 17.8. The van der Waals surface area contributed by atoms with Crippen LogP contribution in [0.15, 0.2) is 39.9 Å². The molecule has 8 heteroatoms. The average Bonchev–Trinajstić information content (AvgIpc) is 2.97. The Bertz CT molecular complexity index is 818. The lowest BCUT2D eigenvalue weighted by Gasteiger charge is -2.30. The quantitative estimate of drug-likeness (QED) is 0.800. The van der Waals surface area contributed by atoms with Gasteiger partial charge in [-0.2, -0.15) is 11.3 Å². The molecular weight excluding hydrogens is 378 g/mol. The molecule has 0 saturated carbocycles. The monoisotopic (exact) mass is 400 g/mol. The van der Waals surface area contributed by atoms with Crippen molar-refractivity contribution >= 4 is 21.4 Å². The molecule has 0 spiro atoms. The van der Waals surface area contributed by atoms with E-state index in [9.17, 15) is 17.2 Å². The van der Waals surface area contributed by atoms with E-state index in [0.717, 1.165) is 43.6 Å². The molecule has 0 radical (unpaired) electrons. The number of rotatable bonds is 6. The lowest BCUT2D eigenvalue weighted by molar-refractivity contribution is 0.206. The van der Waals surface area contributed by atoms with Crippen LogP contribution in [0.1, 0.15) is 37.3 Å². The molecule has 0 bridgehead atoms. The number of sulfonamides is 1. The van der Waals surface area contributed by atoms with Gasteiger partial charge in [-0.25, -0.2) is 21.9 Å². The van der Waals surface area contributed by atoms with Gasteiger partial charge in [0.15, 0.2) is 0 Å². The second kappa shape index (κ2) is 8.56. The van der Waals surface area contributed by atoms with Crippen molar-refractivity contribution in [3.05, 3.63) is 52.2 Å². The topological polar surface area (TPSA) is 49.4 Å². The first-order valence-electron chi connectivity index (χ1n) is 8.68. The van der Waals surface area contributed by atoms with Crippen LogP contribution in [0, 0.1) is 11.6 Å². The molecule has 1 aliphatic rings. The minimum absolute atomic E-state index is 0.0994. The molecule has 1 saturated heterocycles. The van der Waals surface area contributed by atoms with Gasteiger partial charge in [-0.3, -0.25) is 4.90 Å². The van der Waals surface area contributed by atoms with Crippen molar-refractivity contribution < 1.29 is 17.2 Å². The molecule has 0 unspecified atom stereocenters. The number of nitrogens with one attached hydrogen (secondary N) is 1. The number of thiophene rings is 1. The van der Waals surface area contributed by atoms with Gasteiger partial charge in [0.2, 0.25) is 10.0 Å². The fourth-order valence-corrected chi connectivity index (χ4v) is 5.09. The largest absolute Gasteiger partial charge is 0.295 e. The van der Waals surface area contributed by atoms with E-state index in [-0.39, 0.29) is 12.6 Å². The standard InChI is InChI=1S/C18H22F2N2O2S2/c19-15-5-6-18(16(20)11-15)26(23,24)21-12-17(14-7-10-25-13-14)22-8-3-1-2-4-9-22/h5-7,10-11,13,17,21H,1-4,8-9,12H2/t17-/m0/s1. The van der Waals surface area contributed by atoms with Crippen LogP contribution in [0.4, 0.5) is 8.78 Å². The average molecular weight is 401 g/mol. The van der Waals surface area contributed by atoms with Gasteiger partial charge in [-0.15, -0.1) is 0 Å². The van der Waals surface area contributed by atoms with Crippen molar-refractivity contribution in [2.75, 3.05) is 19.6 Å². The highest BCUT2D eigenvalue weighted by Crippen LogP contribution is 2.26. The molecule has 0 aliphatic carbocycles. The summed E-state index contributed by atoms with van der Waals surface area (Å²) in [5.74, 6) is -1.89. The zero-order valence-corrected chi connectivity index (χ0v) is 16.0. The van der Waals surface area contributed by atoms with Gasteiger partial charge in [0.1, 0.15) is 16.5 Å². The molecule has 1 aromatic carbocycles. The summed E-state index contributed by atoms with van der Waals surface area (Å²) in [5, 5.41) is 3.98. The molecule has 2 heterocycles. The zero-order chi connectivity index (χ0) is 18.6. The third-order valence-electron chi connectivity index (χ3n) is 4.66. The van der Waals surface area contributed by atoms with E-state index in [4.69, 9.17) is 0 Å². The van der Waals surface area contributed by atoms with Gasteiger partial charge < -0.3 is 0 Å². The Kier molecular flexibility index (Phi) is 6.39. The molecule has 1 N–H and O–H groups in total. The van der Waals surface area contributed by atoms with Crippen LogP contribution in [0.5, 0.6) is 0 Å². The second-order valence-electron chi connectivity index (χ2n) is 6.45. The molecule has 4 nitrogen and oxygen atoms in total. The van der Waals surface area contributed by atoms with E-state index in [2.05, 4.69) is 9.62 Å². The molecule has 3 rings (SSSR count). The first-order chi connectivity index (χ1) is 12.5. The first kappa shape index (κ1) is 19.4. The molecule has 1 atom stereocenters. The lowest BCUT2D eigenvalue weighted by Crippen LogP contribution is -2.38. The molecular formula is C18H22F2N2O2S2. The van der Waals surface area contributed by atoms with E-state index >= 15 is 0 Å². The number of benzene rings is 1. The van der Waals surface area contributed by atoms with Crippen molar-refractivity contribution in [1.82, 2.24) is 9.62 Å². The van der Waals surface area contributed by atoms with E-state index in [1.54, 1.807) is 11.3 Å². The Balaban J connectivity index is 1.78. The molecule has 1 aliphatic heterocycles. The fourth-order valence-electron chi connectivity index (χ4n) is 3.29. The van der Waals surface area contributed by atoms with Gasteiger partial charge in [-0.1, -0.05) is 12.8 Å². The summed E-state index contributed by atoms with van der Waals surface area (Å²) in [6, 6.07) is 4.38. The molecule has 2 aromatic rings. The first-order valence-corrected chi connectivity index (χ1v) is 11.1. The summed E-state index contributed by atoms with van der Waals surface area (Å²) >= 11 is 1.57. The molecule has 26 heavy (non-hydrogen) atoms. The number of halogens is 2. The molecule has 1 aromatic heterocycles. The van der Waals surface area contributed by atoms with Crippen LogP contribution in [-0.2, 0) is 10.0 Å². The minimum Gasteiger partial charge on any atom is -0.295 e. The summed E-state index contributed by atoms with van der Waals surface area (Å²) < 4.78 is 54.5. The summed E-state index contributed by atoms with van der Waals surface area (Å²) in [5.41, 5.74) is 1.05. The van der Waals surface area contributed by atoms with Gasteiger partial charge in [0.05, 0.1) is 0 Å². The number of nitrogens with zero attached hydrogens (tertiary/aromatic N) is 1. The van der Waals surface area contributed by atoms with Crippen LogP contribution >= 0.6 is 11.3 Å².